The average Bonchev–Trinajstić information content (AvgIpc) is 3.94. The van der Waals surface area contributed by atoms with Crippen molar-refractivity contribution >= 4 is 111 Å². The van der Waals surface area contributed by atoms with Crippen LogP contribution in [-0.2, 0) is 10.8 Å². The van der Waals surface area contributed by atoms with E-state index >= 15 is 0 Å². The first kappa shape index (κ1) is 41.4. The van der Waals surface area contributed by atoms with E-state index in [2.05, 4.69) is 251 Å². The Balaban J connectivity index is 1.20. The summed E-state index contributed by atoms with van der Waals surface area (Å²) in [7, 11) is 0. The molecule has 0 fully saturated rings. The molecule has 11 aromatic carbocycles. The molecule has 0 saturated heterocycles. The van der Waals surface area contributed by atoms with Crippen molar-refractivity contribution in [2.75, 3.05) is 4.90 Å². The Labute approximate surface area is 419 Å². The molecule has 4 heteroatoms. The van der Waals surface area contributed by atoms with Crippen LogP contribution in [0.3, 0.4) is 0 Å². The van der Waals surface area contributed by atoms with E-state index in [0.29, 0.717) is 0 Å². The van der Waals surface area contributed by atoms with E-state index in [-0.39, 0.29) is 17.7 Å². The fourth-order valence-corrected chi connectivity index (χ4v) is 12.8. The number of aromatic nitrogens is 1. The first-order valence-corrected chi connectivity index (χ1v) is 25.5. The maximum Gasteiger partial charge on any atom is 0.333 e. The highest BCUT2D eigenvalue weighted by Crippen LogP contribution is 2.53. The van der Waals surface area contributed by atoms with Crippen LogP contribution in [0, 0.1) is 0 Å². The van der Waals surface area contributed by atoms with E-state index in [4.69, 9.17) is 4.42 Å². The number of para-hydroxylation sites is 2. The SMILES string of the molecule is CC(C)(C)c1cc(N2c3cc4c(-c5ccccc5)c5ccccc5c(-c5ccccc5)c4cc3B3c4c2cc2ccccc2c4-c2cc4c5ccccc5oc4c4c5ccccc5n3c24)cc(C(C)(C)C)c1. The number of rotatable bonds is 3. The van der Waals surface area contributed by atoms with E-state index in [1.165, 1.54) is 127 Å². The number of hydrogen-bond acceptors (Lipinski definition) is 2. The summed E-state index contributed by atoms with van der Waals surface area (Å²) < 4.78 is 9.71. The molecular formula is C68H51BN2O. The van der Waals surface area contributed by atoms with Crippen LogP contribution in [0.4, 0.5) is 17.1 Å². The van der Waals surface area contributed by atoms with Gasteiger partial charge in [0.1, 0.15) is 11.2 Å². The summed E-state index contributed by atoms with van der Waals surface area (Å²) in [6, 6.07) is 75.5. The molecule has 13 aromatic rings. The van der Waals surface area contributed by atoms with E-state index in [1.807, 2.05) is 0 Å². The van der Waals surface area contributed by atoms with Crippen molar-refractivity contribution in [1.29, 1.82) is 0 Å². The van der Waals surface area contributed by atoms with E-state index in [0.717, 1.165) is 21.9 Å². The fourth-order valence-electron chi connectivity index (χ4n) is 12.8. The Bertz CT molecular complexity index is 4440. The molecule has 0 atom stereocenters. The van der Waals surface area contributed by atoms with Crippen LogP contribution < -0.4 is 15.8 Å². The van der Waals surface area contributed by atoms with Crippen LogP contribution in [0.5, 0.6) is 0 Å². The summed E-state index contributed by atoms with van der Waals surface area (Å²) in [6.45, 7) is 13.9. The minimum absolute atomic E-state index is 0.0965. The molecule has 0 unspecified atom stereocenters. The molecule has 0 amide bonds. The topological polar surface area (TPSA) is 21.3 Å². The van der Waals surface area contributed by atoms with Gasteiger partial charge in [0.2, 0.25) is 0 Å². The van der Waals surface area contributed by atoms with Gasteiger partial charge in [-0.3, -0.25) is 0 Å². The Morgan fingerprint density at radius 3 is 1.64 bits per heavy atom. The van der Waals surface area contributed by atoms with Gasteiger partial charge in [0.15, 0.2) is 0 Å². The zero-order chi connectivity index (χ0) is 48.4. The lowest BCUT2D eigenvalue weighted by Crippen LogP contribution is -2.56. The molecule has 0 spiro atoms. The number of anilines is 3. The van der Waals surface area contributed by atoms with Crippen LogP contribution in [0.1, 0.15) is 52.7 Å². The smallest absolute Gasteiger partial charge is 0.333 e. The fraction of sp³-hybridized carbons (Fsp3) is 0.118. The zero-order valence-corrected chi connectivity index (χ0v) is 41.4. The lowest BCUT2D eigenvalue weighted by Gasteiger charge is -2.42. The third-order valence-electron chi connectivity index (χ3n) is 16.2. The lowest BCUT2D eigenvalue weighted by atomic mass is 9.44. The van der Waals surface area contributed by atoms with E-state index in [9.17, 15) is 0 Å². The number of fused-ring (bicyclic) bond motifs is 15. The second kappa shape index (κ2) is 14.6. The number of hydrogen-bond donors (Lipinski definition) is 0. The molecule has 4 heterocycles. The van der Waals surface area contributed by atoms with Crippen molar-refractivity contribution in [3.63, 3.8) is 0 Å². The maximum atomic E-state index is 7.01. The number of nitrogens with zero attached hydrogens (tertiary/aromatic N) is 2. The molecule has 2 aliphatic rings. The van der Waals surface area contributed by atoms with Crippen molar-refractivity contribution in [3.8, 4) is 33.4 Å². The first-order valence-electron chi connectivity index (χ1n) is 25.5. The monoisotopic (exact) mass is 922 g/mol. The summed E-state index contributed by atoms with van der Waals surface area (Å²) in [4.78, 5) is 2.66. The Kier molecular flexibility index (Phi) is 8.42. The highest BCUT2D eigenvalue weighted by molar-refractivity contribution is 6.90. The molecule has 2 aromatic heterocycles. The van der Waals surface area contributed by atoms with Gasteiger partial charge in [-0.1, -0.05) is 199 Å². The lowest BCUT2D eigenvalue weighted by molar-refractivity contribution is 0.569. The van der Waals surface area contributed by atoms with E-state index in [1.54, 1.807) is 0 Å². The number of benzene rings is 11. The molecule has 0 radical (unpaired) electrons. The van der Waals surface area contributed by atoms with Gasteiger partial charge >= 0.3 is 6.85 Å². The molecular weight excluding hydrogens is 872 g/mol. The van der Waals surface area contributed by atoms with E-state index < -0.39 is 0 Å². The quantitative estimate of drug-likeness (QED) is 0.130. The third-order valence-corrected chi connectivity index (χ3v) is 16.2. The van der Waals surface area contributed by atoms with Crippen molar-refractivity contribution in [2.45, 2.75) is 52.4 Å². The van der Waals surface area contributed by atoms with Gasteiger partial charge in [-0.25, -0.2) is 0 Å². The van der Waals surface area contributed by atoms with Crippen LogP contribution in [0.15, 0.2) is 205 Å². The Morgan fingerprint density at radius 2 is 0.986 bits per heavy atom. The Morgan fingerprint density at radius 1 is 0.431 bits per heavy atom. The molecule has 15 rings (SSSR count). The average molecular weight is 923 g/mol. The molecule has 3 nitrogen and oxygen atoms in total. The zero-order valence-electron chi connectivity index (χ0n) is 41.4. The standard InChI is InChI=1S/C68H51BN2O/c1-67(2,3)43-34-44(68(4,5)6)36-45(35-43)70-57-39-52-51(60(40-21-9-7-10-22-40)48-28-15-16-29-49(48)61(52)41-23-11-8-12-24-41)38-55(57)69-64-58(70)33-42-25-13-14-26-46(42)62(64)54-37-53-47-27-18-20-32-59(47)72-66(53)63-50-30-17-19-31-56(50)71(69)65(54)63/h7-39H,1-6H3. The van der Waals surface area contributed by atoms with Gasteiger partial charge in [-0.05, 0) is 135 Å². The van der Waals surface area contributed by atoms with Crippen molar-refractivity contribution in [3.05, 3.63) is 211 Å². The van der Waals surface area contributed by atoms with Crippen LogP contribution in [0.25, 0.3) is 109 Å². The molecule has 0 saturated carbocycles. The molecule has 0 N–H and O–H groups in total. The molecule has 0 aliphatic carbocycles. The minimum atomic E-state index is -0.185. The second-order valence-electron chi connectivity index (χ2n) is 22.4. The maximum absolute atomic E-state index is 7.01. The molecule has 342 valence electrons. The summed E-state index contributed by atoms with van der Waals surface area (Å²) in [5, 5.41) is 12.1. The highest BCUT2D eigenvalue weighted by Gasteiger charge is 2.45. The summed E-state index contributed by atoms with van der Waals surface area (Å²) in [6.07, 6.45) is 0. The van der Waals surface area contributed by atoms with Crippen molar-refractivity contribution < 1.29 is 4.42 Å². The second-order valence-corrected chi connectivity index (χ2v) is 22.4. The molecule has 2 aliphatic heterocycles. The van der Waals surface area contributed by atoms with Crippen LogP contribution >= 0.6 is 0 Å². The summed E-state index contributed by atoms with van der Waals surface area (Å²) in [5.74, 6) is 0. The first-order chi connectivity index (χ1) is 35.0. The third kappa shape index (κ3) is 5.69. The van der Waals surface area contributed by atoms with Crippen molar-refractivity contribution in [1.82, 2.24) is 4.48 Å². The van der Waals surface area contributed by atoms with Gasteiger partial charge in [0, 0.05) is 49.8 Å². The highest BCUT2D eigenvalue weighted by atomic mass is 16.3. The van der Waals surface area contributed by atoms with Crippen molar-refractivity contribution in [2.24, 2.45) is 0 Å². The molecule has 0 bridgehead atoms. The summed E-state index contributed by atoms with van der Waals surface area (Å²) in [5.41, 5.74) is 20.4. The normalized spacial score (nSPS) is 13.4. The van der Waals surface area contributed by atoms with Gasteiger partial charge in [-0.2, -0.15) is 0 Å². The van der Waals surface area contributed by atoms with Gasteiger partial charge in [-0.15, -0.1) is 0 Å². The predicted octanol–water partition coefficient (Wildman–Crippen LogP) is 17.5. The van der Waals surface area contributed by atoms with Gasteiger partial charge in [0.05, 0.1) is 5.39 Å². The minimum Gasteiger partial charge on any atom is -0.455 e. The molecule has 72 heavy (non-hydrogen) atoms. The largest absolute Gasteiger partial charge is 0.455 e. The van der Waals surface area contributed by atoms with Crippen LogP contribution in [-0.4, -0.2) is 11.3 Å². The van der Waals surface area contributed by atoms with Gasteiger partial charge in [0.25, 0.3) is 0 Å². The van der Waals surface area contributed by atoms with Crippen LogP contribution in [0.2, 0.25) is 0 Å². The number of furan rings is 1. The van der Waals surface area contributed by atoms with Gasteiger partial charge < -0.3 is 13.8 Å². The summed E-state index contributed by atoms with van der Waals surface area (Å²) >= 11 is 0. The Hall–Kier alpha value is -8.34. The predicted molar refractivity (Wildman–Crippen MR) is 308 cm³/mol.